The van der Waals surface area contributed by atoms with E-state index in [0.29, 0.717) is 0 Å². The lowest BCUT2D eigenvalue weighted by Gasteiger charge is -2.19. The lowest BCUT2D eigenvalue weighted by molar-refractivity contribution is 0.472. The zero-order chi connectivity index (χ0) is 9.40. The van der Waals surface area contributed by atoms with Crippen molar-refractivity contribution >= 4 is 11.8 Å². The van der Waals surface area contributed by atoms with Crippen molar-refractivity contribution in [3.8, 4) is 0 Å². The predicted octanol–water partition coefficient (Wildman–Crippen LogP) is 3.11. The van der Waals surface area contributed by atoms with Crippen LogP contribution in [0.25, 0.3) is 0 Å². The second-order valence-corrected chi connectivity index (χ2v) is 3.72. The molecular weight excluding hydrogens is 166 g/mol. The van der Waals surface area contributed by atoms with Crippen LogP contribution in [0.4, 0.5) is 0 Å². The van der Waals surface area contributed by atoms with E-state index in [4.69, 9.17) is 0 Å². The normalized spacial score (nSPS) is 11.4. The van der Waals surface area contributed by atoms with Gasteiger partial charge in [0.15, 0.2) is 0 Å². The molecule has 0 saturated heterocycles. The minimum Gasteiger partial charge on any atom is -0.370 e. The summed E-state index contributed by atoms with van der Waals surface area (Å²) in [7, 11) is 2.11. The standard InChI is InChI=1S/C10H19NS/c1-5-8-10(11(4)7-3)12-9-6-2/h5,8H,1,6-7,9H2,2-4H3/b10-8+. The molecule has 0 atom stereocenters. The Balaban J connectivity index is 4.03. The highest BCUT2D eigenvalue weighted by atomic mass is 32.2. The Hall–Kier alpha value is -0.370. The van der Waals surface area contributed by atoms with Gasteiger partial charge in [0, 0.05) is 13.6 Å². The van der Waals surface area contributed by atoms with Gasteiger partial charge in [-0.3, -0.25) is 0 Å². The van der Waals surface area contributed by atoms with E-state index in [1.807, 2.05) is 17.8 Å². The zero-order valence-corrected chi connectivity index (χ0v) is 9.16. The summed E-state index contributed by atoms with van der Waals surface area (Å²) in [6, 6.07) is 0. The summed E-state index contributed by atoms with van der Waals surface area (Å²) < 4.78 is 0. The van der Waals surface area contributed by atoms with Crippen LogP contribution < -0.4 is 0 Å². The molecule has 0 saturated carbocycles. The predicted molar refractivity (Wildman–Crippen MR) is 59.3 cm³/mol. The second kappa shape index (κ2) is 7.29. The summed E-state index contributed by atoms with van der Waals surface area (Å²) in [6.07, 6.45) is 5.14. The Morgan fingerprint density at radius 3 is 2.58 bits per heavy atom. The maximum Gasteiger partial charge on any atom is 0.0704 e. The molecule has 12 heavy (non-hydrogen) atoms. The second-order valence-electron chi connectivity index (χ2n) is 2.60. The molecule has 0 aromatic carbocycles. The molecule has 0 unspecified atom stereocenters. The van der Waals surface area contributed by atoms with Crippen molar-refractivity contribution in [2.45, 2.75) is 20.3 Å². The van der Waals surface area contributed by atoms with Crippen LogP contribution in [0.1, 0.15) is 20.3 Å². The molecule has 1 nitrogen and oxygen atoms in total. The minimum atomic E-state index is 1.05. The molecule has 0 aromatic rings. The van der Waals surface area contributed by atoms with Gasteiger partial charge in [-0.2, -0.15) is 0 Å². The van der Waals surface area contributed by atoms with Gasteiger partial charge < -0.3 is 4.90 Å². The zero-order valence-electron chi connectivity index (χ0n) is 8.34. The Labute approximate surface area is 80.5 Å². The first kappa shape index (κ1) is 11.6. The highest BCUT2D eigenvalue weighted by molar-refractivity contribution is 8.02. The van der Waals surface area contributed by atoms with E-state index in [0.717, 1.165) is 6.54 Å². The molecule has 0 fully saturated rings. The van der Waals surface area contributed by atoms with Gasteiger partial charge in [0.25, 0.3) is 0 Å². The minimum absolute atomic E-state index is 1.05. The first-order chi connectivity index (χ1) is 5.76. The number of thioether (sulfide) groups is 1. The number of hydrogen-bond acceptors (Lipinski definition) is 2. The monoisotopic (exact) mass is 185 g/mol. The van der Waals surface area contributed by atoms with Gasteiger partial charge in [0.2, 0.25) is 0 Å². The van der Waals surface area contributed by atoms with E-state index < -0.39 is 0 Å². The molecule has 0 amide bonds. The van der Waals surface area contributed by atoms with Crippen LogP contribution >= 0.6 is 11.8 Å². The van der Waals surface area contributed by atoms with Crippen LogP contribution in [0.15, 0.2) is 23.8 Å². The number of nitrogens with zero attached hydrogens (tertiary/aromatic N) is 1. The van der Waals surface area contributed by atoms with Crippen molar-refractivity contribution in [2.24, 2.45) is 0 Å². The third-order valence-corrected chi connectivity index (χ3v) is 2.92. The smallest absolute Gasteiger partial charge is 0.0704 e. The summed E-state index contributed by atoms with van der Waals surface area (Å²) in [5.41, 5.74) is 0. The first-order valence-corrected chi connectivity index (χ1v) is 5.41. The third-order valence-electron chi connectivity index (χ3n) is 1.57. The van der Waals surface area contributed by atoms with Gasteiger partial charge in [0.05, 0.1) is 5.03 Å². The van der Waals surface area contributed by atoms with Crippen molar-refractivity contribution < 1.29 is 0 Å². The molecule has 0 N–H and O–H groups in total. The van der Waals surface area contributed by atoms with Crippen molar-refractivity contribution in [3.63, 3.8) is 0 Å². The van der Waals surface area contributed by atoms with Crippen molar-refractivity contribution in [2.75, 3.05) is 19.3 Å². The number of rotatable bonds is 6. The van der Waals surface area contributed by atoms with Gasteiger partial charge >= 0.3 is 0 Å². The quantitative estimate of drug-likeness (QED) is 0.585. The van der Waals surface area contributed by atoms with E-state index >= 15 is 0 Å². The molecule has 0 heterocycles. The Morgan fingerprint density at radius 2 is 2.17 bits per heavy atom. The fourth-order valence-corrected chi connectivity index (χ4v) is 1.70. The van der Waals surface area contributed by atoms with Crippen molar-refractivity contribution in [3.05, 3.63) is 23.8 Å². The SMILES string of the molecule is C=C/C=C(/SCCC)N(C)CC. The molecule has 70 valence electrons. The molecule has 2 heteroatoms. The highest BCUT2D eigenvalue weighted by Gasteiger charge is 2.00. The molecule has 0 aliphatic carbocycles. The van der Waals surface area contributed by atoms with E-state index in [2.05, 4.69) is 38.5 Å². The molecule has 0 spiro atoms. The topological polar surface area (TPSA) is 3.24 Å². The van der Waals surface area contributed by atoms with Crippen molar-refractivity contribution in [1.82, 2.24) is 4.90 Å². The third kappa shape index (κ3) is 4.50. The van der Waals surface area contributed by atoms with E-state index in [1.165, 1.54) is 17.2 Å². The van der Waals surface area contributed by atoms with Crippen LogP contribution in [0.5, 0.6) is 0 Å². The van der Waals surface area contributed by atoms with Gasteiger partial charge in [0.1, 0.15) is 0 Å². The molecule has 0 aliphatic rings. The maximum atomic E-state index is 3.71. The Bertz CT molecular complexity index is 152. The van der Waals surface area contributed by atoms with Crippen molar-refractivity contribution in [1.29, 1.82) is 0 Å². The number of allylic oxidation sites excluding steroid dienone is 2. The highest BCUT2D eigenvalue weighted by Crippen LogP contribution is 2.19. The van der Waals surface area contributed by atoms with E-state index in [-0.39, 0.29) is 0 Å². The largest absolute Gasteiger partial charge is 0.370 e. The molecule has 0 aromatic heterocycles. The summed E-state index contributed by atoms with van der Waals surface area (Å²) in [5.74, 6) is 1.18. The summed E-state index contributed by atoms with van der Waals surface area (Å²) in [5, 5.41) is 1.31. The fourth-order valence-electron chi connectivity index (χ4n) is 0.749. The van der Waals surface area contributed by atoms with Gasteiger partial charge in [-0.1, -0.05) is 19.6 Å². The summed E-state index contributed by atoms with van der Waals surface area (Å²) >= 11 is 1.89. The van der Waals surface area contributed by atoms with Gasteiger partial charge in [-0.05, 0) is 25.2 Å². The van der Waals surface area contributed by atoms with Crippen LogP contribution in [-0.2, 0) is 0 Å². The number of hydrogen-bond donors (Lipinski definition) is 0. The fraction of sp³-hybridized carbons (Fsp3) is 0.600. The maximum absolute atomic E-state index is 3.71. The van der Waals surface area contributed by atoms with Crippen LogP contribution in [0, 0.1) is 0 Å². The average molecular weight is 185 g/mol. The summed E-state index contributed by atoms with van der Waals surface area (Å²) in [4.78, 5) is 2.24. The van der Waals surface area contributed by atoms with Gasteiger partial charge in [-0.15, -0.1) is 11.8 Å². The molecular formula is C10H19NS. The molecule has 0 aliphatic heterocycles. The van der Waals surface area contributed by atoms with Crippen LogP contribution in [0.2, 0.25) is 0 Å². The molecule has 0 rings (SSSR count). The molecule has 0 bridgehead atoms. The van der Waals surface area contributed by atoms with E-state index in [9.17, 15) is 0 Å². The first-order valence-electron chi connectivity index (χ1n) is 4.42. The van der Waals surface area contributed by atoms with Crippen LogP contribution in [0.3, 0.4) is 0 Å². The van der Waals surface area contributed by atoms with Crippen LogP contribution in [-0.4, -0.2) is 24.2 Å². The van der Waals surface area contributed by atoms with Gasteiger partial charge in [-0.25, -0.2) is 0 Å². The lowest BCUT2D eigenvalue weighted by Crippen LogP contribution is -2.14. The average Bonchev–Trinajstić information content (AvgIpc) is 2.11. The Morgan fingerprint density at radius 1 is 1.50 bits per heavy atom. The Kier molecular flexibility index (Phi) is 7.06. The summed E-state index contributed by atoms with van der Waals surface area (Å²) in [6.45, 7) is 9.12. The lowest BCUT2D eigenvalue weighted by atomic mass is 10.5. The van der Waals surface area contributed by atoms with E-state index in [1.54, 1.807) is 0 Å². The molecule has 0 radical (unpaired) electrons.